The molecule has 1 aromatic carbocycles. The molecule has 0 radical (unpaired) electrons. The fraction of sp³-hybridized carbons (Fsp3) is 0.409. The number of ether oxygens (including phenoxy) is 1. The van der Waals surface area contributed by atoms with Gasteiger partial charge in [0, 0.05) is 38.3 Å². The Bertz CT molecular complexity index is 808. The van der Waals surface area contributed by atoms with E-state index in [0.717, 1.165) is 16.7 Å². The summed E-state index contributed by atoms with van der Waals surface area (Å²) in [5.74, 6) is -0.119. The standard InChI is InChI=1S/C22H27N3O3/c1-3-20(26)25-13-14-28-22(16-25,21(27)24-4-2)15-17-5-7-18(8-6-17)19-9-11-23-12-10-19/h5-12H,3-4,13-16H2,1-2H3,(H,24,27). The average Bonchev–Trinajstić information content (AvgIpc) is 2.74. The summed E-state index contributed by atoms with van der Waals surface area (Å²) in [5.41, 5.74) is 2.12. The first-order valence-corrected chi connectivity index (χ1v) is 9.77. The highest BCUT2D eigenvalue weighted by molar-refractivity contribution is 5.87. The van der Waals surface area contributed by atoms with Gasteiger partial charge < -0.3 is 15.0 Å². The first-order valence-electron chi connectivity index (χ1n) is 9.77. The SMILES string of the molecule is CCNC(=O)C1(Cc2ccc(-c3ccncc3)cc2)CN(C(=O)CC)CCO1. The van der Waals surface area contributed by atoms with Gasteiger partial charge in [-0.15, -0.1) is 0 Å². The van der Waals surface area contributed by atoms with Gasteiger partial charge in [-0.2, -0.15) is 0 Å². The Morgan fingerprint density at radius 2 is 1.79 bits per heavy atom. The fourth-order valence-corrected chi connectivity index (χ4v) is 3.56. The minimum atomic E-state index is -1.06. The maximum absolute atomic E-state index is 12.9. The van der Waals surface area contributed by atoms with E-state index in [1.165, 1.54) is 0 Å². The number of carbonyl (C=O) groups excluding carboxylic acids is 2. The van der Waals surface area contributed by atoms with Crippen LogP contribution in [0, 0.1) is 0 Å². The molecule has 1 aliphatic heterocycles. The minimum absolute atomic E-state index is 0.0463. The number of hydrogen-bond acceptors (Lipinski definition) is 4. The summed E-state index contributed by atoms with van der Waals surface area (Å²) in [6.45, 7) is 5.40. The van der Waals surface area contributed by atoms with Crippen LogP contribution in [-0.2, 0) is 20.7 Å². The molecule has 0 aliphatic carbocycles. The number of hydrogen-bond donors (Lipinski definition) is 1. The summed E-state index contributed by atoms with van der Waals surface area (Å²) in [6, 6.07) is 12.0. The molecule has 6 heteroatoms. The lowest BCUT2D eigenvalue weighted by Crippen LogP contribution is -2.62. The number of benzene rings is 1. The smallest absolute Gasteiger partial charge is 0.254 e. The Kier molecular flexibility index (Phi) is 6.41. The van der Waals surface area contributed by atoms with Crippen LogP contribution in [0.1, 0.15) is 25.8 Å². The molecule has 1 fully saturated rings. The average molecular weight is 381 g/mol. The van der Waals surface area contributed by atoms with E-state index in [-0.39, 0.29) is 18.4 Å². The van der Waals surface area contributed by atoms with Crippen molar-refractivity contribution in [2.75, 3.05) is 26.2 Å². The summed E-state index contributed by atoms with van der Waals surface area (Å²) >= 11 is 0. The summed E-state index contributed by atoms with van der Waals surface area (Å²) in [6.07, 6.45) is 4.38. The lowest BCUT2D eigenvalue weighted by atomic mass is 9.90. The Morgan fingerprint density at radius 1 is 1.11 bits per heavy atom. The van der Waals surface area contributed by atoms with Crippen LogP contribution in [0.25, 0.3) is 11.1 Å². The molecule has 0 saturated carbocycles. The second kappa shape index (κ2) is 8.97. The molecule has 2 aromatic rings. The number of carbonyl (C=O) groups is 2. The van der Waals surface area contributed by atoms with Crippen molar-refractivity contribution in [3.63, 3.8) is 0 Å². The van der Waals surface area contributed by atoms with E-state index in [0.29, 0.717) is 32.5 Å². The maximum atomic E-state index is 12.9. The quantitative estimate of drug-likeness (QED) is 0.834. The van der Waals surface area contributed by atoms with E-state index in [4.69, 9.17) is 4.74 Å². The van der Waals surface area contributed by atoms with Gasteiger partial charge in [-0.05, 0) is 35.7 Å². The van der Waals surface area contributed by atoms with Gasteiger partial charge in [0.2, 0.25) is 5.91 Å². The van der Waals surface area contributed by atoms with E-state index >= 15 is 0 Å². The molecule has 3 rings (SSSR count). The number of morpholine rings is 1. The summed E-state index contributed by atoms with van der Waals surface area (Å²) in [5, 5.41) is 2.88. The van der Waals surface area contributed by atoms with Crippen molar-refractivity contribution in [3.05, 3.63) is 54.4 Å². The molecular formula is C22H27N3O3. The topological polar surface area (TPSA) is 71.5 Å². The van der Waals surface area contributed by atoms with Gasteiger partial charge in [0.25, 0.3) is 5.91 Å². The molecule has 0 bridgehead atoms. The molecule has 1 saturated heterocycles. The zero-order valence-electron chi connectivity index (χ0n) is 16.5. The van der Waals surface area contributed by atoms with Crippen LogP contribution in [0.3, 0.4) is 0 Å². The maximum Gasteiger partial charge on any atom is 0.254 e. The third-order valence-electron chi connectivity index (χ3n) is 5.05. The molecule has 2 heterocycles. The van der Waals surface area contributed by atoms with Gasteiger partial charge >= 0.3 is 0 Å². The van der Waals surface area contributed by atoms with Gasteiger partial charge in [-0.3, -0.25) is 14.6 Å². The van der Waals surface area contributed by atoms with Crippen molar-refractivity contribution >= 4 is 11.8 Å². The van der Waals surface area contributed by atoms with Gasteiger partial charge in [-0.1, -0.05) is 31.2 Å². The largest absolute Gasteiger partial charge is 0.361 e. The first kappa shape index (κ1) is 20.0. The van der Waals surface area contributed by atoms with Crippen LogP contribution in [0.5, 0.6) is 0 Å². The highest BCUT2D eigenvalue weighted by Crippen LogP contribution is 2.26. The van der Waals surface area contributed by atoms with E-state index in [1.807, 2.05) is 50.2 Å². The van der Waals surface area contributed by atoms with Crippen LogP contribution in [0.4, 0.5) is 0 Å². The summed E-state index contributed by atoms with van der Waals surface area (Å²) in [4.78, 5) is 30.9. The van der Waals surface area contributed by atoms with Crippen LogP contribution in [0.15, 0.2) is 48.8 Å². The van der Waals surface area contributed by atoms with Crippen LogP contribution < -0.4 is 5.32 Å². The number of aromatic nitrogens is 1. The zero-order valence-corrected chi connectivity index (χ0v) is 16.5. The molecule has 1 aromatic heterocycles. The lowest BCUT2D eigenvalue weighted by molar-refractivity contribution is -0.165. The van der Waals surface area contributed by atoms with Gasteiger partial charge in [0.1, 0.15) is 0 Å². The Hall–Kier alpha value is -2.73. The van der Waals surface area contributed by atoms with Gasteiger partial charge in [0.15, 0.2) is 5.60 Å². The molecule has 1 unspecified atom stereocenters. The third kappa shape index (κ3) is 4.39. The number of likely N-dealkylation sites (N-methyl/N-ethyl adjacent to an activating group) is 1. The molecule has 28 heavy (non-hydrogen) atoms. The molecule has 1 aliphatic rings. The molecule has 6 nitrogen and oxygen atoms in total. The first-order chi connectivity index (χ1) is 13.6. The van der Waals surface area contributed by atoms with Crippen molar-refractivity contribution < 1.29 is 14.3 Å². The number of pyridine rings is 1. The number of rotatable bonds is 6. The predicted molar refractivity (Wildman–Crippen MR) is 108 cm³/mol. The highest BCUT2D eigenvalue weighted by Gasteiger charge is 2.44. The van der Waals surface area contributed by atoms with Crippen molar-refractivity contribution in [1.82, 2.24) is 15.2 Å². The van der Waals surface area contributed by atoms with Gasteiger partial charge in [-0.25, -0.2) is 0 Å². The van der Waals surface area contributed by atoms with E-state index in [1.54, 1.807) is 17.3 Å². The van der Waals surface area contributed by atoms with Crippen LogP contribution in [0.2, 0.25) is 0 Å². The Morgan fingerprint density at radius 3 is 2.43 bits per heavy atom. The molecule has 1 N–H and O–H groups in total. The van der Waals surface area contributed by atoms with Crippen molar-refractivity contribution in [1.29, 1.82) is 0 Å². The second-order valence-corrected chi connectivity index (χ2v) is 6.98. The van der Waals surface area contributed by atoms with E-state index in [9.17, 15) is 9.59 Å². The summed E-state index contributed by atoms with van der Waals surface area (Å²) < 4.78 is 6.01. The number of nitrogens with zero attached hydrogens (tertiary/aromatic N) is 2. The van der Waals surface area contributed by atoms with Crippen LogP contribution in [-0.4, -0.2) is 53.5 Å². The molecule has 0 spiro atoms. The highest BCUT2D eigenvalue weighted by atomic mass is 16.5. The van der Waals surface area contributed by atoms with Crippen molar-refractivity contribution in [2.45, 2.75) is 32.3 Å². The monoisotopic (exact) mass is 381 g/mol. The Balaban J connectivity index is 1.83. The van der Waals surface area contributed by atoms with Gasteiger partial charge in [0.05, 0.1) is 13.2 Å². The summed E-state index contributed by atoms with van der Waals surface area (Å²) in [7, 11) is 0. The number of nitrogens with one attached hydrogen (secondary N) is 1. The van der Waals surface area contributed by atoms with Crippen LogP contribution >= 0.6 is 0 Å². The van der Waals surface area contributed by atoms with Crippen molar-refractivity contribution in [3.8, 4) is 11.1 Å². The normalized spacial score (nSPS) is 19.3. The minimum Gasteiger partial charge on any atom is -0.361 e. The predicted octanol–water partition coefficient (Wildman–Crippen LogP) is 2.43. The van der Waals surface area contributed by atoms with E-state index < -0.39 is 5.60 Å². The van der Waals surface area contributed by atoms with Crippen molar-refractivity contribution in [2.24, 2.45) is 0 Å². The molecule has 1 atom stereocenters. The number of amides is 2. The third-order valence-corrected chi connectivity index (χ3v) is 5.05. The molecule has 148 valence electrons. The second-order valence-electron chi connectivity index (χ2n) is 6.98. The molecular weight excluding hydrogens is 354 g/mol. The Labute approximate surface area is 165 Å². The zero-order chi connectivity index (χ0) is 20.0. The fourth-order valence-electron chi connectivity index (χ4n) is 3.56. The lowest BCUT2D eigenvalue weighted by Gasteiger charge is -2.41. The van der Waals surface area contributed by atoms with E-state index in [2.05, 4.69) is 10.3 Å². The molecule has 2 amide bonds.